The molecule has 2 aliphatic rings. The molecule has 0 bridgehead atoms. The fraction of sp³-hybridized carbons (Fsp3) is 0.500. The number of carbonyl (C=O) groups is 1. The van der Waals surface area contributed by atoms with Crippen LogP contribution in [0.25, 0.3) is 0 Å². The molecule has 0 N–H and O–H groups in total. The van der Waals surface area contributed by atoms with Crippen molar-refractivity contribution < 1.29 is 9.53 Å². The number of aromatic nitrogens is 2. The fourth-order valence-electron chi connectivity index (χ4n) is 3.83. The van der Waals surface area contributed by atoms with Gasteiger partial charge in [0.2, 0.25) is 0 Å². The van der Waals surface area contributed by atoms with Gasteiger partial charge in [0.05, 0.1) is 24.3 Å². The fourth-order valence-corrected chi connectivity index (χ4v) is 4.52. The lowest BCUT2D eigenvalue weighted by atomic mass is 9.80. The van der Waals surface area contributed by atoms with Gasteiger partial charge in [-0.1, -0.05) is 6.07 Å². The molecule has 0 radical (unpaired) electrons. The first-order chi connectivity index (χ1) is 12.3. The Morgan fingerprint density at radius 1 is 1.28 bits per heavy atom. The molecule has 25 heavy (non-hydrogen) atoms. The number of likely N-dealkylation sites (tertiary alicyclic amines) is 1. The lowest BCUT2D eigenvalue weighted by molar-refractivity contribution is 0.0137. The molecule has 0 aliphatic carbocycles. The molecule has 7 heteroatoms. The molecule has 0 aromatic carbocycles. The summed E-state index contributed by atoms with van der Waals surface area (Å²) in [7, 11) is 0. The summed E-state index contributed by atoms with van der Waals surface area (Å²) >= 11 is 1.51. The number of rotatable bonds is 2. The summed E-state index contributed by atoms with van der Waals surface area (Å²) in [5, 5.41) is 1.96. The van der Waals surface area contributed by atoms with Crippen molar-refractivity contribution in [2.24, 2.45) is 5.41 Å². The van der Waals surface area contributed by atoms with Crippen molar-refractivity contribution in [3.8, 4) is 0 Å². The second kappa shape index (κ2) is 7.09. The zero-order chi connectivity index (χ0) is 17.1. The Labute approximate surface area is 151 Å². The average molecular weight is 358 g/mol. The minimum absolute atomic E-state index is 0.0425. The van der Waals surface area contributed by atoms with Crippen molar-refractivity contribution in [1.82, 2.24) is 14.9 Å². The number of hydrogen-bond acceptors (Lipinski definition) is 6. The van der Waals surface area contributed by atoms with E-state index >= 15 is 0 Å². The highest BCUT2D eigenvalue weighted by atomic mass is 32.1. The predicted octanol–water partition coefficient (Wildman–Crippen LogP) is 2.30. The first kappa shape index (κ1) is 16.5. The Balaban J connectivity index is 1.53. The van der Waals surface area contributed by atoms with Crippen LogP contribution in [0.3, 0.4) is 0 Å². The first-order valence-corrected chi connectivity index (χ1v) is 9.55. The molecule has 2 fully saturated rings. The van der Waals surface area contributed by atoms with Crippen LogP contribution in [0.15, 0.2) is 36.1 Å². The average Bonchev–Trinajstić information content (AvgIpc) is 3.12. The molecule has 2 aliphatic heterocycles. The van der Waals surface area contributed by atoms with Gasteiger partial charge in [0, 0.05) is 44.0 Å². The normalized spacial score (nSPS) is 24.3. The molecule has 4 heterocycles. The van der Waals surface area contributed by atoms with Crippen LogP contribution < -0.4 is 4.90 Å². The molecule has 1 unspecified atom stereocenters. The topological polar surface area (TPSA) is 58.6 Å². The molecule has 6 nitrogen and oxygen atoms in total. The SMILES string of the molecule is O=C(c1cccs1)N1CCCC2(COCCN(c3cnccn3)C2)C1. The maximum Gasteiger partial charge on any atom is 0.263 e. The second-order valence-corrected chi connectivity index (χ2v) is 7.79. The van der Waals surface area contributed by atoms with Crippen LogP contribution in [-0.2, 0) is 4.74 Å². The van der Waals surface area contributed by atoms with Gasteiger partial charge in [-0.25, -0.2) is 4.98 Å². The largest absolute Gasteiger partial charge is 0.379 e. The second-order valence-electron chi connectivity index (χ2n) is 6.85. The van der Waals surface area contributed by atoms with E-state index in [-0.39, 0.29) is 11.3 Å². The third-order valence-electron chi connectivity index (χ3n) is 4.99. The zero-order valence-corrected chi connectivity index (χ0v) is 15.0. The molecule has 2 aromatic rings. The van der Waals surface area contributed by atoms with Crippen molar-refractivity contribution in [1.29, 1.82) is 0 Å². The van der Waals surface area contributed by atoms with Gasteiger partial charge in [-0.2, -0.15) is 0 Å². The van der Waals surface area contributed by atoms with Crippen molar-refractivity contribution in [2.75, 3.05) is 44.3 Å². The van der Waals surface area contributed by atoms with Crippen molar-refractivity contribution >= 4 is 23.1 Å². The van der Waals surface area contributed by atoms with E-state index in [0.29, 0.717) is 13.2 Å². The Morgan fingerprint density at radius 2 is 2.24 bits per heavy atom. The van der Waals surface area contributed by atoms with E-state index in [2.05, 4.69) is 14.9 Å². The number of hydrogen-bond donors (Lipinski definition) is 0. The maximum absolute atomic E-state index is 12.8. The summed E-state index contributed by atoms with van der Waals surface area (Å²) < 4.78 is 5.93. The molecule has 4 rings (SSSR count). The van der Waals surface area contributed by atoms with Gasteiger partial charge in [-0.05, 0) is 24.3 Å². The molecular formula is C18H22N4O2S. The Morgan fingerprint density at radius 3 is 3.04 bits per heavy atom. The van der Waals surface area contributed by atoms with Crippen LogP contribution in [0.2, 0.25) is 0 Å². The third kappa shape index (κ3) is 3.52. The van der Waals surface area contributed by atoms with Crippen molar-refractivity contribution in [2.45, 2.75) is 12.8 Å². The highest BCUT2D eigenvalue weighted by molar-refractivity contribution is 7.12. The molecule has 2 saturated heterocycles. The van der Waals surface area contributed by atoms with Crippen LogP contribution >= 0.6 is 11.3 Å². The quantitative estimate of drug-likeness (QED) is 0.824. The van der Waals surface area contributed by atoms with Gasteiger partial charge in [0.15, 0.2) is 0 Å². The highest BCUT2D eigenvalue weighted by Crippen LogP contribution is 2.34. The Hall–Kier alpha value is -1.99. The van der Waals surface area contributed by atoms with Crippen LogP contribution in [0.4, 0.5) is 5.82 Å². The third-order valence-corrected chi connectivity index (χ3v) is 5.85. The number of amides is 1. The van der Waals surface area contributed by atoms with E-state index < -0.39 is 0 Å². The molecule has 132 valence electrons. The van der Waals surface area contributed by atoms with E-state index in [4.69, 9.17) is 4.74 Å². The molecule has 1 spiro atoms. The molecule has 1 amide bonds. The Kier molecular flexibility index (Phi) is 4.67. The van der Waals surface area contributed by atoms with Gasteiger partial charge in [0.25, 0.3) is 5.91 Å². The number of nitrogens with zero attached hydrogens (tertiary/aromatic N) is 4. The number of piperidine rings is 1. The number of carbonyl (C=O) groups excluding carboxylic acids is 1. The van der Waals surface area contributed by atoms with E-state index in [9.17, 15) is 4.79 Å². The highest BCUT2D eigenvalue weighted by Gasteiger charge is 2.40. The number of thiophene rings is 1. The Bertz CT molecular complexity index is 709. The van der Waals surface area contributed by atoms with Gasteiger partial charge in [-0.3, -0.25) is 9.78 Å². The van der Waals surface area contributed by atoms with Crippen LogP contribution in [0.5, 0.6) is 0 Å². The van der Waals surface area contributed by atoms with Gasteiger partial charge < -0.3 is 14.5 Å². The smallest absolute Gasteiger partial charge is 0.263 e. The van der Waals surface area contributed by atoms with Gasteiger partial charge in [-0.15, -0.1) is 11.3 Å². The molecular weight excluding hydrogens is 336 g/mol. The minimum Gasteiger partial charge on any atom is -0.379 e. The zero-order valence-electron chi connectivity index (χ0n) is 14.1. The summed E-state index contributed by atoms with van der Waals surface area (Å²) in [5.41, 5.74) is -0.0425. The predicted molar refractivity (Wildman–Crippen MR) is 97.0 cm³/mol. The van der Waals surface area contributed by atoms with Crippen LogP contribution in [0.1, 0.15) is 22.5 Å². The summed E-state index contributed by atoms with van der Waals surface area (Å²) in [6.07, 6.45) is 7.29. The van der Waals surface area contributed by atoms with Crippen molar-refractivity contribution in [3.63, 3.8) is 0 Å². The van der Waals surface area contributed by atoms with Crippen molar-refractivity contribution in [3.05, 3.63) is 41.0 Å². The monoisotopic (exact) mass is 358 g/mol. The van der Waals surface area contributed by atoms with Crippen LogP contribution in [0, 0.1) is 5.41 Å². The molecule has 2 aromatic heterocycles. The minimum atomic E-state index is -0.0425. The summed E-state index contributed by atoms with van der Waals surface area (Å²) in [6, 6.07) is 3.84. The van der Waals surface area contributed by atoms with Gasteiger partial charge >= 0.3 is 0 Å². The lowest BCUT2D eigenvalue weighted by Crippen LogP contribution is -2.52. The molecule has 1 atom stereocenters. The lowest BCUT2D eigenvalue weighted by Gasteiger charge is -2.43. The van der Waals surface area contributed by atoms with Gasteiger partial charge in [0.1, 0.15) is 5.82 Å². The van der Waals surface area contributed by atoms with E-state index in [0.717, 1.165) is 49.7 Å². The standard InChI is InChI=1S/C18H22N4O2S/c23-17(15-3-1-10-25-15)22-7-2-4-18(13-22)12-21(8-9-24-14-18)16-11-19-5-6-20-16/h1,3,5-6,10-11H,2,4,7-9,12-14H2. The summed E-state index contributed by atoms with van der Waals surface area (Å²) in [4.78, 5) is 26.5. The number of ether oxygens (including phenoxy) is 1. The summed E-state index contributed by atoms with van der Waals surface area (Å²) in [6.45, 7) is 4.58. The van der Waals surface area contributed by atoms with E-state index in [1.165, 1.54) is 11.3 Å². The number of anilines is 1. The summed E-state index contributed by atoms with van der Waals surface area (Å²) in [5.74, 6) is 1.03. The first-order valence-electron chi connectivity index (χ1n) is 8.67. The molecule has 0 saturated carbocycles. The maximum atomic E-state index is 12.8. The van der Waals surface area contributed by atoms with E-state index in [1.54, 1.807) is 18.6 Å². The van der Waals surface area contributed by atoms with Crippen LogP contribution in [-0.4, -0.2) is 60.2 Å². The van der Waals surface area contributed by atoms with E-state index in [1.807, 2.05) is 22.4 Å².